The molecule has 1 aliphatic rings. The number of hydrogen-bond donors (Lipinski definition) is 0. The van der Waals surface area contributed by atoms with Crippen LogP contribution in [-0.2, 0) is 0 Å². The molecule has 126 valence electrons. The minimum atomic E-state index is -4.47. The molecule has 1 heterocycles. The molecular formula is C20H13F3O2. The Labute approximate surface area is 142 Å². The number of alkyl halides is 3. The van der Waals surface area contributed by atoms with Gasteiger partial charge in [0, 0.05) is 5.56 Å². The second-order valence-electron chi connectivity index (χ2n) is 5.70. The van der Waals surface area contributed by atoms with E-state index in [1.165, 1.54) is 18.2 Å². The molecule has 0 bridgehead atoms. The monoisotopic (exact) mass is 342 g/mol. The second-order valence-corrected chi connectivity index (χ2v) is 5.70. The van der Waals surface area contributed by atoms with Crippen LogP contribution in [0.5, 0.6) is 23.0 Å². The van der Waals surface area contributed by atoms with E-state index >= 15 is 0 Å². The Balaban J connectivity index is 1.88. The van der Waals surface area contributed by atoms with Crippen LogP contribution in [0.4, 0.5) is 13.2 Å². The number of halogens is 3. The molecular weight excluding hydrogens is 329 g/mol. The minimum Gasteiger partial charge on any atom is -0.457 e. The Morgan fingerprint density at radius 3 is 2.20 bits per heavy atom. The largest absolute Gasteiger partial charge is 0.457 e. The third-order valence-electron chi connectivity index (χ3n) is 4.06. The number of benzene rings is 3. The lowest BCUT2D eigenvalue weighted by atomic mass is 9.87. The molecule has 0 fully saturated rings. The topological polar surface area (TPSA) is 18.5 Å². The number of rotatable bonds is 2. The summed E-state index contributed by atoms with van der Waals surface area (Å²) in [7, 11) is 0. The van der Waals surface area contributed by atoms with E-state index in [-0.39, 0.29) is 28.4 Å². The summed E-state index contributed by atoms with van der Waals surface area (Å²) in [4.78, 5) is 0. The van der Waals surface area contributed by atoms with Crippen LogP contribution in [0.3, 0.4) is 0 Å². The van der Waals surface area contributed by atoms with Crippen molar-refractivity contribution < 1.29 is 22.6 Å². The molecule has 4 rings (SSSR count). The highest BCUT2D eigenvalue weighted by molar-refractivity contribution is 5.59. The van der Waals surface area contributed by atoms with Gasteiger partial charge in [-0.2, -0.15) is 13.2 Å². The molecule has 2 nitrogen and oxygen atoms in total. The lowest BCUT2D eigenvalue weighted by molar-refractivity contribution is -0.142. The van der Waals surface area contributed by atoms with Crippen LogP contribution in [0, 0.1) is 0 Å². The van der Waals surface area contributed by atoms with E-state index in [4.69, 9.17) is 9.47 Å². The van der Waals surface area contributed by atoms with Gasteiger partial charge in [0.05, 0.1) is 5.56 Å². The van der Waals surface area contributed by atoms with Gasteiger partial charge in [-0.15, -0.1) is 0 Å². The first-order valence-corrected chi connectivity index (χ1v) is 7.73. The summed E-state index contributed by atoms with van der Waals surface area (Å²) in [6.07, 6.45) is -4.47. The van der Waals surface area contributed by atoms with Crippen LogP contribution in [0.25, 0.3) is 0 Å². The zero-order valence-corrected chi connectivity index (χ0v) is 13.0. The summed E-state index contributed by atoms with van der Waals surface area (Å²) in [5.41, 5.74) is 0.0872. The van der Waals surface area contributed by atoms with Gasteiger partial charge in [0.15, 0.2) is 0 Å². The Kier molecular flexibility index (Phi) is 3.64. The summed E-state index contributed by atoms with van der Waals surface area (Å²) in [5, 5.41) is 0. The SMILES string of the molecule is FC(F)(F)C1c2ccccc2Oc2cccc(Oc3ccccc3)c21. The minimum absolute atomic E-state index is 0.00227. The molecule has 1 aliphatic heterocycles. The molecule has 25 heavy (non-hydrogen) atoms. The molecule has 5 heteroatoms. The summed E-state index contributed by atoms with van der Waals surface area (Å²) in [5.74, 6) is -0.813. The highest BCUT2D eigenvalue weighted by atomic mass is 19.4. The van der Waals surface area contributed by atoms with Crippen molar-refractivity contribution in [1.82, 2.24) is 0 Å². The molecule has 3 aromatic rings. The maximum atomic E-state index is 13.9. The predicted octanol–water partition coefficient (Wildman–Crippen LogP) is 6.28. The molecule has 0 radical (unpaired) electrons. The third-order valence-corrected chi connectivity index (χ3v) is 4.06. The van der Waals surface area contributed by atoms with Crippen LogP contribution in [0.1, 0.15) is 17.0 Å². The number of ether oxygens (including phenoxy) is 2. The molecule has 1 unspecified atom stereocenters. The van der Waals surface area contributed by atoms with Crippen molar-refractivity contribution in [3.8, 4) is 23.0 Å². The van der Waals surface area contributed by atoms with Crippen LogP contribution < -0.4 is 9.47 Å². The molecule has 0 spiro atoms. The highest BCUT2D eigenvalue weighted by Crippen LogP contribution is 2.54. The molecule has 3 aromatic carbocycles. The normalized spacial score (nSPS) is 15.7. The Bertz CT molecular complexity index is 904. The first-order valence-electron chi connectivity index (χ1n) is 7.73. The van der Waals surface area contributed by atoms with Crippen molar-refractivity contribution in [3.63, 3.8) is 0 Å². The Morgan fingerprint density at radius 2 is 1.44 bits per heavy atom. The lowest BCUT2D eigenvalue weighted by Crippen LogP contribution is -2.25. The molecule has 0 aliphatic carbocycles. The van der Waals surface area contributed by atoms with Gasteiger partial charge in [0.2, 0.25) is 0 Å². The van der Waals surface area contributed by atoms with E-state index in [1.54, 1.807) is 48.5 Å². The van der Waals surface area contributed by atoms with Gasteiger partial charge in [0.25, 0.3) is 0 Å². The summed E-state index contributed by atoms with van der Waals surface area (Å²) in [6, 6.07) is 19.6. The maximum absolute atomic E-state index is 13.9. The summed E-state index contributed by atoms with van der Waals surface area (Å²) >= 11 is 0. The van der Waals surface area contributed by atoms with Gasteiger partial charge in [-0.05, 0) is 30.3 Å². The van der Waals surface area contributed by atoms with Gasteiger partial charge >= 0.3 is 6.18 Å². The Morgan fingerprint density at radius 1 is 0.760 bits per heavy atom. The van der Waals surface area contributed by atoms with Crippen molar-refractivity contribution in [2.75, 3.05) is 0 Å². The fourth-order valence-corrected chi connectivity index (χ4v) is 3.03. The van der Waals surface area contributed by atoms with E-state index in [0.29, 0.717) is 5.75 Å². The summed E-state index contributed by atoms with van der Waals surface area (Å²) < 4.78 is 53.2. The van der Waals surface area contributed by atoms with Crippen LogP contribution in [-0.4, -0.2) is 6.18 Å². The fourth-order valence-electron chi connectivity index (χ4n) is 3.03. The van der Waals surface area contributed by atoms with Crippen molar-refractivity contribution >= 4 is 0 Å². The van der Waals surface area contributed by atoms with E-state index < -0.39 is 12.1 Å². The van der Waals surface area contributed by atoms with Crippen molar-refractivity contribution in [1.29, 1.82) is 0 Å². The fraction of sp³-hybridized carbons (Fsp3) is 0.100. The van der Waals surface area contributed by atoms with Gasteiger partial charge in [-0.1, -0.05) is 42.5 Å². The molecule has 1 atom stereocenters. The van der Waals surface area contributed by atoms with E-state index in [9.17, 15) is 13.2 Å². The van der Waals surface area contributed by atoms with E-state index in [2.05, 4.69) is 0 Å². The standard InChI is InChI=1S/C20H13F3O2/c21-20(22,23)19-14-9-4-5-10-15(14)25-17-12-6-11-16(18(17)19)24-13-7-2-1-3-8-13/h1-12,19H. The smallest absolute Gasteiger partial charge is 0.400 e. The van der Waals surface area contributed by atoms with Crippen LogP contribution >= 0.6 is 0 Å². The van der Waals surface area contributed by atoms with Crippen molar-refractivity contribution in [3.05, 3.63) is 83.9 Å². The second kappa shape index (κ2) is 5.84. The zero-order valence-electron chi connectivity index (χ0n) is 13.0. The number of fused-ring (bicyclic) bond motifs is 2. The van der Waals surface area contributed by atoms with Gasteiger partial charge in [-0.3, -0.25) is 0 Å². The van der Waals surface area contributed by atoms with Gasteiger partial charge < -0.3 is 9.47 Å². The molecule has 0 saturated carbocycles. The van der Waals surface area contributed by atoms with Gasteiger partial charge in [-0.25, -0.2) is 0 Å². The molecule has 0 saturated heterocycles. The first kappa shape index (κ1) is 15.6. The molecule has 0 aromatic heterocycles. The number of para-hydroxylation sites is 2. The predicted molar refractivity (Wildman–Crippen MR) is 87.4 cm³/mol. The average molecular weight is 342 g/mol. The Hall–Kier alpha value is -2.95. The zero-order chi connectivity index (χ0) is 17.4. The quantitative estimate of drug-likeness (QED) is 0.546. The first-order chi connectivity index (χ1) is 12.0. The molecule has 0 amide bonds. The van der Waals surface area contributed by atoms with Crippen molar-refractivity contribution in [2.45, 2.75) is 12.1 Å². The summed E-state index contributed by atoms with van der Waals surface area (Å²) in [6.45, 7) is 0. The van der Waals surface area contributed by atoms with Crippen molar-refractivity contribution in [2.24, 2.45) is 0 Å². The average Bonchev–Trinajstić information content (AvgIpc) is 2.60. The van der Waals surface area contributed by atoms with Crippen LogP contribution in [0.2, 0.25) is 0 Å². The lowest BCUT2D eigenvalue weighted by Gasteiger charge is -2.31. The number of hydrogen-bond acceptors (Lipinski definition) is 2. The third kappa shape index (κ3) is 2.82. The van der Waals surface area contributed by atoms with E-state index in [0.717, 1.165) is 0 Å². The maximum Gasteiger partial charge on any atom is 0.400 e. The van der Waals surface area contributed by atoms with Crippen LogP contribution in [0.15, 0.2) is 72.8 Å². The van der Waals surface area contributed by atoms with Gasteiger partial charge in [0.1, 0.15) is 28.9 Å². The highest BCUT2D eigenvalue weighted by Gasteiger charge is 2.48. The van der Waals surface area contributed by atoms with E-state index in [1.807, 2.05) is 6.07 Å². The molecule has 0 N–H and O–H groups in total.